The standard InChI is InChI=1S/C16H15Cl2NO2/c17-11-5-6-12(18)10(7-11)8-13(19)16-9-20-14-3-1-2-4-15(14)21-16/h1-7,13,16H,8-9,19H2. The van der Waals surface area contributed by atoms with Gasteiger partial charge in [0.15, 0.2) is 11.5 Å². The van der Waals surface area contributed by atoms with E-state index >= 15 is 0 Å². The predicted molar refractivity (Wildman–Crippen MR) is 84.5 cm³/mol. The van der Waals surface area contributed by atoms with E-state index in [1.807, 2.05) is 30.3 Å². The maximum atomic E-state index is 6.25. The lowest BCUT2D eigenvalue weighted by Gasteiger charge is -2.30. The third-order valence-corrected chi connectivity index (χ3v) is 4.08. The molecule has 2 atom stereocenters. The molecule has 3 nitrogen and oxygen atoms in total. The molecule has 3 rings (SSSR count). The molecule has 0 aliphatic carbocycles. The van der Waals surface area contributed by atoms with E-state index in [1.54, 1.807) is 12.1 Å². The quantitative estimate of drug-likeness (QED) is 0.936. The second kappa shape index (κ2) is 6.14. The van der Waals surface area contributed by atoms with Gasteiger partial charge in [0, 0.05) is 16.1 Å². The monoisotopic (exact) mass is 323 g/mol. The zero-order chi connectivity index (χ0) is 14.8. The second-order valence-electron chi connectivity index (χ2n) is 5.02. The number of ether oxygens (including phenoxy) is 2. The van der Waals surface area contributed by atoms with E-state index in [0.29, 0.717) is 23.1 Å². The van der Waals surface area contributed by atoms with E-state index in [9.17, 15) is 0 Å². The predicted octanol–water partition coefficient (Wildman–Crippen LogP) is 3.70. The second-order valence-corrected chi connectivity index (χ2v) is 5.86. The Morgan fingerprint density at radius 2 is 1.90 bits per heavy atom. The molecule has 2 unspecified atom stereocenters. The van der Waals surface area contributed by atoms with Crippen LogP contribution < -0.4 is 15.2 Å². The molecule has 0 aromatic heterocycles. The molecule has 0 saturated heterocycles. The molecule has 1 aliphatic rings. The minimum Gasteiger partial charge on any atom is -0.486 e. The van der Waals surface area contributed by atoms with Crippen molar-refractivity contribution in [3.63, 3.8) is 0 Å². The molecular weight excluding hydrogens is 309 g/mol. The van der Waals surface area contributed by atoms with Gasteiger partial charge in [-0.25, -0.2) is 0 Å². The van der Waals surface area contributed by atoms with Gasteiger partial charge in [0.05, 0.1) is 0 Å². The molecule has 0 radical (unpaired) electrons. The Kier molecular flexibility index (Phi) is 4.24. The zero-order valence-electron chi connectivity index (χ0n) is 11.3. The number of para-hydroxylation sites is 2. The van der Waals surface area contributed by atoms with Crippen LogP contribution in [0.5, 0.6) is 11.5 Å². The number of benzene rings is 2. The van der Waals surface area contributed by atoms with Gasteiger partial charge in [-0.1, -0.05) is 35.3 Å². The van der Waals surface area contributed by atoms with E-state index in [0.717, 1.165) is 17.1 Å². The smallest absolute Gasteiger partial charge is 0.161 e. The summed E-state index contributed by atoms with van der Waals surface area (Å²) in [4.78, 5) is 0. The number of halogens is 2. The maximum Gasteiger partial charge on any atom is 0.161 e. The first-order valence-electron chi connectivity index (χ1n) is 6.71. The van der Waals surface area contributed by atoms with Crippen LogP contribution in [-0.4, -0.2) is 18.8 Å². The molecule has 110 valence electrons. The summed E-state index contributed by atoms with van der Waals surface area (Å²) in [5, 5.41) is 1.31. The summed E-state index contributed by atoms with van der Waals surface area (Å²) >= 11 is 12.2. The van der Waals surface area contributed by atoms with Crippen molar-refractivity contribution in [1.29, 1.82) is 0 Å². The molecule has 2 aromatic carbocycles. The first kappa shape index (κ1) is 14.5. The lowest BCUT2D eigenvalue weighted by atomic mass is 10.0. The highest BCUT2D eigenvalue weighted by molar-refractivity contribution is 6.33. The Morgan fingerprint density at radius 3 is 2.71 bits per heavy atom. The minimum atomic E-state index is -0.227. The topological polar surface area (TPSA) is 44.5 Å². The van der Waals surface area contributed by atoms with E-state index < -0.39 is 0 Å². The molecule has 21 heavy (non-hydrogen) atoms. The number of hydrogen-bond acceptors (Lipinski definition) is 3. The van der Waals surface area contributed by atoms with Crippen LogP contribution in [0.3, 0.4) is 0 Å². The van der Waals surface area contributed by atoms with Gasteiger partial charge in [-0.3, -0.25) is 0 Å². The van der Waals surface area contributed by atoms with Gasteiger partial charge in [-0.2, -0.15) is 0 Å². The van der Waals surface area contributed by atoms with Gasteiger partial charge < -0.3 is 15.2 Å². The van der Waals surface area contributed by atoms with Crippen LogP contribution in [0.25, 0.3) is 0 Å². The highest BCUT2D eigenvalue weighted by Gasteiger charge is 2.27. The Hall–Kier alpha value is -1.42. The van der Waals surface area contributed by atoms with E-state index in [1.165, 1.54) is 0 Å². The van der Waals surface area contributed by atoms with Crippen LogP contribution in [0.4, 0.5) is 0 Å². The number of rotatable bonds is 3. The molecule has 0 spiro atoms. The van der Waals surface area contributed by atoms with Crippen LogP contribution in [0.15, 0.2) is 42.5 Å². The van der Waals surface area contributed by atoms with Crippen LogP contribution in [-0.2, 0) is 6.42 Å². The Morgan fingerprint density at radius 1 is 1.14 bits per heavy atom. The summed E-state index contributed by atoms with van der Waals surface area (Å²) in [7, 11) is 0. The average molecular weight is 324 g/mol. The zero-order valence-corrected chi connectivity index (χ0v) is 12.8. The Labute approximate surface area is 133 Å². The first-order valence-corrected chi connectivity index (χ1v) is 7.47. The molecular formula is C16H15Cl2NO2. The van der Waals surface area contributed by atoms with Crippen molar-refractivity contribution in [1.82, 2.24) is 0 Å². The van der Waals surface area contributed by atoms with E-state index in [2.05, 4.69) is 0 Å². The third kappa shape index (κ3) is 3.26. The number of nitrogens with two attached hydrogens (primary N) is 1. The Bertz CT molecular complexity index is 648. The van der Waals surface area contributed by atoms with Crippen molar-refractivity contribution in [2.24, 2.45) is 5.73 Å². The largest absolute Gasteiger partial charge is 0.486 e. The lowest BCUT2D eigenvalue weighted by Crippen LogP contribution is -2.46. The number of hydrogen-bond donors (Lipinski definition) is 1. The molecule has 1 heterocycles. The normalized spacial score (nSPS) is 18.3. The molecule has 0 fully saturated rings. The lowest BCUT2D eigenvalue weighted by molar-refractivity contribution is 0.0723. The van der Waals surface area contributed by atoms with Gasteiger partial charge >= 0.3 is 0 Å². The van der Waals surface area contributed by atoms with Gasteiger partial charge in [-0.05, 0) is 42.3 Å². The SMILES string of the molecule is NC(Cc1cc(Cl)ccc1Cl)C1COc2ccccc2O1. The van der Waals surface area contributed by atoms with Crippen LogP contribution in [0.2, 0.25) is 10.0 Å². The fourth-order valence-electron chi connectivity index (χ4n) is 2.33. The average Bonchev–Trinajstić information content (AvgIpc) is 2.50. The molecule has 0 bridgehead atoms. The molecule has 1 aliphatic heterocycles. The van der Waals surface area contributed by atoms with Gasteiger partial charge in [0.2, 0.25) is 0 Å². The Balaban J connectivity index is 1.72. The fourth-order valence-corrected chi connectivity index (χ4v) is 2.72. The molecule has 2 N–H and O–H groups in total. The minimum absolute atomic E-state index is 0.213. The summed E-state index contributed by atoms with van der Waals surface area (Å²) in [5.74, 6) is 1.48. The molecule has 5 heteroatoms. The first-order chi connectivity index (χ1) is 10.1. The molecule has 0 amide bonds. The van der Waals surface area contributed by atoms with Gasteiger partial charge in [0.1, 0.15) is 12.7 Å². The van der Waals surface area contributed by atoms with E-state index in [-0.39, 0.29) is 12.1 Å². The molecule has 2 aromatic rings. The highest BCUT2D eigenvalue weighted by Crippen LogP contribution is 2.32. The van der Waals surface area contributed by atoms with Crippen molar-refractivity contribution >= 4 is 23.2 Å². The number of fused-ring (bicyclic) bond motifs is 1. The highest BCUT2D eigenvalue weighted by atomic mass is 35.5. The van der Waals surface area contributed by atoms with Crippen LogP contribution >= 0.6 is 23.2 Å². The van der Waals surface area contributed by atoms with Crippen molar-refractivity contribution in [2.45, 2.75) is 18.6 Å². The van der Waals surface area contributed by atoms with Crippen molar-refractivity contribution in [3.8, 4) is 11.5 Å². The van der Waals surface area contributed by atoms with Crippen molar-refractivity contribution < 1.29 is 9.47 Å². The van der Waals surface area contributed by atoms with E-state index in [4.69, 9.17) is 38.4 Å². The van der Waals surface area contributed by atoms with Gasteiger partial charge in [0.25, 0.3) is 0 Å². The van der Waals surface area contributed by atoms with Crippen molar-refractivity contribution in [2.75, 3.05) is 6.61 Å². The summed E-state index contributed by atoms with van der Waals surface area (Å²) in [6, 6.07) is 12.7. The van der Waals surface area contributed by atoms with Crippen molar-refractivity contribution in [3.05, 3.63) is 58.1 Å². The van der Waals surface area contributed by atoms with Crippen LogP contribution in [0.1, 0.15) is 5.56 Å². The summed E-state index contributed by atoms with van der Waals surface area (Å²) < 4.78 is 11.6. The van der Waals surface area contributed by atoms with Crippen LogP contribution in [0, 0.1) is 0 Å². The maximum absolute atomic E-state index is 6.25. The summed E-state index contributed by atoms with van der Waals surface area (Å²) in [6.07, 6.45) is 0.366. The fraction of sp³-hybridized carbons (Fsp3) is 0.250. The summed E-state index contributed by atoms with van der Waals surface area (Å²) in [6.45, 7) is 0.427. The van der Waals surface area contributed by atoms with Gasteiger partial charge in [-0.15, -0.1) is 0 Å². The molecule has 0 saturated carbocycles. The summed E-state index contributed by atoms with van der Waals surface area (Å²) in [5.41, 5.74) is 7.17. The third-order valence-electron chi connectivity index (χ3n) is 3.47.